The van der Waals surface area contributed by atoms with E-state index in [1.54, 1.807) is 7.05 Å². The normalized spacial score (nSPS) is 11.5. The number of rotatable bonds is 5. The molecule has 4 heterocycles. The maximum atomic E-state index is 13.8. The first-order chi connectivity index (χ1) is 15.9. The van der Waals surface area contributed by atoms with Crippen LogP contribution >= 0.6 is 0 Å². The van der Waals surface area contributed by atoms with E-state index in [9.17, 15) is 18.0 Å². The van der Waals surface area contributed by atoms with Crippen molar-refractivity contribution in [2.45, 2.75) is 13.0 Å². The van der Waals surface area contributed by atoms with Crippen molar-refractivity contribution in [1.29, 1.82) is 0 Å². The predicted octanol–water partition coefficient (Wildman–Crippen LogP) is 4.39. The molecule has 5 rings (SSSR count). The summed E-state index contributed by atoms with van der Waals surface area (Å²) in [5.41, 5.74) is 1.71. The molecule has 0 spiro atoms. The molecule has 0 aliphatic rings. The standard InChI is InChI=1S/C23H17F3N6O/c1-30(12-16-13-31-9-3-2-4-20(31)28-16)23(33)17-11-27-32-19(21(25)26)10-18(29-22(17)32)14-5-7-15(24)8-6-14/h2-11,13,21H,12H2,1H3. The summed E-state index contributed by atoms with van der Waals surface area (Å²) in [5, 5.41) is 3.98. The Kier molecular flexibility index (Phi) is 5.04. The molecule has 5 aromatic rings. The monoisotopic (exact) mass is 450 g/mol. The number of halogens is 3. The number of aromatic nitrogens is 5. The second-order valence-electron chi connectivity index (χ2n) is 7.53. The molecule has 0 atom stereocenters. The van der Waals surface area contributed by atoms with E-state index < -0.39 is 23.8 Å². The molecule has 0 aliphatic carbocycles. The summed E-state index contributed by atoms with van der Waals surface area (Å²) in [4.78, 5) is 23.5. The van der Waals surface area contributed by atoms with E-state index in [0.29, 0.717) is 11.3 Å². The molecule has 0 bridgehead atoms. The lowest BCUT2D eigenvalue weighted by atomic mass is 10.1. The number of benzene rings is 1. The molecule has 166 valence electrons. The van der Waals surface area contributed by atoms with Gasteiger partial charge in [0.1, 0.15) is 22.7 Å². The highest BCUT2D eigenvalue weighted by Gasteiger charge is 2.24. The van der Waals surface area contributed by atoms with Crippen molar-refractivity contribution in [2.75, 3.05) is 7.05 Å². The largest absolute Gasteiger partial charge is 0.336 e. The van der Waals surface area contributed by atoms with Crippen molar-refractivity contribution in [3.05, 3.63) is 89.9 Å². The van der Waals surface area contributed by atoms with Crippen LogP contribution in [0.25, 0.3) is 22.6 Å². The fraction of sp³-hybridized carbons (Fsp3) is 0.130. The molecule has 0 radical (unpaired) electrons. The smallest absolute Gasteiger partial charge is 0.280 e. The zero-order valence-corrected chi connectivity index (χ0v) is 17.4. The van der Waals surface area contributed by atoms with Crippen molar-refractivity contribution < 1.29 is 18.0 Å². The second-order valence-corrected chi connectivity index (χ2v) is 7.53. The third kappa shape index (κ3) is 3.79. The van der Waals surface area contributed by atoms with Crippen LogP contribution in [0.3, 0.4) is 0 Å². The summed E-state index contributed by atoms with van der Waals surface area (Å²) in [6.45, 7) is 0.206. The third-order valence-corrected chi connectivity index (χ3v) is 5.25. The van der Waals surface area contributed by atoms with Gasteiger partial charge in [0.05, 0.1) is 24.1 Å². The number of alkyl halides is 2. The van der Waals surface area contributed by atoms with Crippen LogP contribution in [0.4, 0.5) is 13.2 Å². The van der Waals surface area contributed by atoms with Crippen LogP contribution in [-0.2, 0) is 6.54 Å². The van der Waals surface area contributed by atoms with E-state index in [4.69, 9.17) is 0 Å². The third-order valence-electron chi connectivity index (χ3n) is 5.25. The summed E-state index contributed by atoms with van der Waals surface area (Å²) >= 11 is 0. The van der Waals surface area contributed by atoms with Gasteiger partial charge in [0.2, 0.25) is 0 Å². The zero-order chi connectivity index (χ0) is 23.1. The average Bonchev–Trinajstić information content (AvgIpc) is 3.41. The van der Waals surface area contributed by atoms with Crippen LogP contribution in [0.1, 0.15) is 28.2 Å². The number of fused-ring (bicyclic) bond motifs is 2. The lowest BCUT2D eigenvalue weighted by Gasteiger charge is -2.15. The zero-order valence-electron chi connectivity index (χ0n) is 17.4. The van der Waals surface area contributed by atoms with Gasteiger partial charge in [-0.1, -0.05) is 6.07 Å². The number of carbonyl (C=O) groups is 1. The quantitative estimate of drug-likeness (QED) is 0.398. The first-order valence-corrected chi connectivity index (χ1v) is 10.0. The van der Waals surface area contributed by atoms with Gasteiger partial charge < -0.3 is 9.30 Å². The molecule has 1 aromatic carbocycles. The minimum Gasteiger partial charge on any atom is -0.336 e. The molecule has 33 heavy (non-hydrogen) atoms. The summed E-state index contributed by atoms with van der Waals surface area (Å²) in [7, 11) is 1.59. The van der Waals surface area contributed by atoms with Crippen LogP contribution in [0.5, 0.6) is 0 Å². The van der Waals surface area contributed by atoms with E-state index in [1.807, 2.05) is 35.0 Å². The van der Waals surface area contributed by atoms with Gasteiger partial charge in [0.15, 0.2) is 5.65 Å². The van der Waals surface area contributed by atoms with Crippen LogP contribution in [0.2, 0.25) is 0 Å². The Morgan fingerprint density at radius 3 is 2.64 bits per heavy atom. The van der Waals surface area contributed by atoms with Gasteiger partial charge in [-0.2, -0.15) is 5.10 Å². The Bertz CT molecular complexity index is 1440. The van der Waals surface area contributed by atoms with Crippen molar-refractivity contribution in [3.8, 4) is 11.3 Å². The van der Waals surface area contributed by atoms with Gasteiger partial charge in [0, 0.05) is 25.0 Å². The van der Waals surface area contributed by atoms with E-state index in [1.165, 1.54) is 41.4 Å². The Morgan fingerprint density at radius 1 is 1.12 bits per heavy atom. The number of nitrogens with zero attached hydrogens (tertiary/aromatic N) is 6. The molecule has 0 saturated carbocycles. The molecule has 4 aromatic heterocycles. The molecule has 0 saturated heterocycles. The van der Waals surface area contributed by atoms with Crippen molar-refractivity contribution in [1.82, 2.24) is 28.9 Å². The van der Waals surface area contributed by atoms with E-state index in [-0.39, 0.29) is 23.4 Å². The van der Waals surface area contributed by atoms with E-state index in [0.717, 1.165) is 10.2 Å². The summed E-state index contributed by atoms with van der Waals surface area (Å²) in [6, 6.07) is 12.1. The van der Waals surface area contributed by atoms with Crippen molar-refractivity contribution in [2.24, 2.45) is 0 Å². The van der Waals surface area contributed by atoms with E-state index in [2.05, 4.69) is 15.1 Å². The van der Waals surface area contributed by atoms with Crippen molar-refractivity contribution >= 4 is 17.2 Å². The maximum Gasteiger partial charge on any atom is 0.280 e. The fourth-order valence-corrected chi connectivity index (χ4v) is 3.64. The summed E-state index contributed by atoms with van der Waals surface area (Å²) in [6.07, 6.45) is 2.04. The highest BCUT2D eigenvalue weighted by Crippen LogP contribution is 2.27. The SMILES string of the molecule is CN(Cc1cn2ccccc2n1)C(=O)c1cnn2c(C(F)F)cc(-c3ccc(F)cc3)nc12. The van der Waals surface area contributed by atoms with Gasteiger partial charge in [-0.25, -0.2) is 27.7 Å². The lowest BCUT2D eigenvalue weighted by Crippen LogP contribution is -2.26. The molecule has 0 fully saturated rings. The van der Waals surface area contributed by atoms with Crippen LogP contribution in [-0.4, -0.2) is 41.8 Å². The molecular formula is C23H17F3N6O. The molecule has 10 heteroatoms. The number of amides is 1. The number of hydrogen-bond donors (Lipinski definition) is 0. The highest BCUT2D eigenvalue weighted by molar-refractivity contribution is 5.99. The molecular weight excluding hydrogens is 433 g/mol. The van der Waals surface area contributed by atoms with Crippen LogP contribution in [0, 0.1) is 5.82 Å². The maximum absolute atomic E-state index is 13.8. The van der Waals surface area contributed by atoms with E-state index >= 15 is 0 Å². The molecule has 1 amide bonds. The molecule has 0 unspecified atom stereocenters. The first-order valence-electron chi connectivity index (χ1n) is 10.0. The number of hydrogen-bond acceptors (Lipinski definition) is 4. The molecule has 0 aliphatic heterocycles. The number of imidazole rings is 1. The Labute approximate surface area is 185 Å². The average molecular weight is 450 g/mol. The van der Waals surface area contributed by atoms with Gasteiger partial charge in [0.25, 0.3) is 12.3 Å². The Balaban J connectivity index is 1.52. The highest BCUT2D eigenvalue weighted by atomic mass is 19.3. The summed E-state index contributed by atoms with van der Waals surface area (Å²) in [5.74, 6) is -0.895. The second kappa shape index (κ2) is 8.05. The molecule has 0 N–H and O–H groups in total. The Hall–Kier alpha value is -4.21. The van der Waals surface area contributed by atoms with Crippen LogP contribution < -0.4 is 0 Å². The van der Waals surface area contributed by atoms with Gasteiger partial charge in [-0.05, 0) is 42.5 Å². The first kappa shape index (κ1) is 20.7. The summed E-state index contributed by atoms with van der Waals surface area (Å²) < 4.78 is 43.6. The lowest BCUT2D eigenvalue weighted by molar-refractivity contribution is 0.0785. The van der Waals surface area contributed by atoms with Gasteiger partial charge in [-0.15, -0.1) is 0 Å². The number of carbonyl (C=O) groups excluding carboxylic acids is 1. The predicted molar refractivity (Wildman–Crippen MR) is 114 cm³/mol. The Morgan fingerprint density at radius 2 is 1.91 bits per heavy atom. The van der Waals surface area contributed by atoms with Gasteiger partial charge >= 0.3 is 0 Å². The minimum atomic E-state index is -2.85. The van der Waals surface area contributed by atoms with Crippen LogP contribution in [0.15, 0.2) is 67.1 Å². The topological polar surface area (TPSA) is 67.8 Å². The fourth-order valence-electron chi connectivity index (χ4n) is 3.64. The minimum absolute atomic E-state index is 0.000948. The molecule has 7 nitrogen and oxygen atoms in total. The van der Waals surface area contributed by atoms with Crippen molar-refractivity contribution in [3.63, 3.8) is 0 Å². The van der Waals surface area contributed by atoms with Gasteiger partial charge in [-0.3, -0.25) is 4.79 Å². The number of pyridine rings is 1.